The summed E-state index contributed by atoms with van der Waals surface area (Å²) in [6, 6.07) is 12.8. The molecule has 4 aromatic rings. The van der Waals surface area contributed by atoms with Crippen LogP contribution in [0, 0.1) is 20.2 Å². The molecular formula is C27H28N8O5S2. The zero-order valence-electron chi connectivity index (χ0n) is 22.6. The van der Waals surface area contributed by atoms with Gasteiger partial charge < -0.3 is 10.6 Å². The quantitative estimate of drug-likeness (QED) is 0.154. The standard InChI is InChI=1S/C27H28N8O5S2/c1-16(13-17-7-2-4-11-21(17)34(37)38)28-26-32-30-24(41-26)19-9-6-10-20(14-19)25-31-33-27(42-25)29-23(36)15-18-8-3-5-12-22(18)35(39)40/h2-5,7-8,11-12,16,19-20H,6,9-10,13-15H2,1H3,(H,28,32)(H,29,33,36)/t16?,19-,20?/m0/s1. The van der Waals surface area contributed by atoms with Crippen LogP contribution in [0.1, 0.15) is 65.6 Å². The minimum Gasteiger partial charge on any atom is -0.357 e. The molecule has 1 aliphatic rings. The molecule has 0 bridgehead atoms. The highest BCUT2D eigenvalue weighted by Crippen LogP contribution is 2.43. The molecule has 42 heavy (non-hydrogen) atoms. The van der Waals surface area contributed by atoms with Crippen molar-refractivity contribution in [3.05, 3.63) is 89.9 Å². The van der Waals surface area contributed by atoms with Crippen molar-refractivity contribution >= 4 is 50.2 Å². The molecular weight excluding hydrogens is 580 g/mol. The number of aromatic nitrogens is 4. The van der Waals surface area contributed by atoms with E-state index in [4.69, 9.17) is 0 Å². The molecule has 0 aliphatic heterocycles. The second-order valence-electron chi connectivity index (χ2n) is 10.2. The zero-order chi connectivity index (χ0) is 29.6. The highest BCUT2D eigenvalue weighted by atomic mass is 32.1. The van der Waals surface area contributed by atoms with Crippen LogP contribution < -0.4 is 10.6 Å². The monoisotopic (exact) mass is 608 g/mol. The van der Waals surface area contributed by atoms with E-state index in [9.17, 15) is 25.0 Å². The van der Waals surface area contributed by atoms with Crippen LogP contribution in [-0.2, 0) is 17.6 Å². The molecule has 3 atom stereocenters. The number of rotatable bonds is 11. The van der Waals surface area contributed by atoms with E-state index in [1.165, 1.54) is 34.8 Å². The van der Waals surface area contributed by atoms with Crippen molar-refractivity contribution in [2.24, 2.45) is 0 Å². The minimum absolute atomic E-state index is 0.0749. The molecule has 2 aromatic carbocycles. The van der Waals surface area contributed by atoms with Crippen molar-refractivity contribution in [2.45, 2.75) is 63.3 Å². The van der Waals surface area contributed by atoms with Crippen LogP contribution >= 0.6 is 22.7 Å². The van der Waals surface area contributed by atoms with Crippen LogP contribution in [0.2, 0.25) is 0 Å². The molecule has 13 nitrogen and oxygen atoms in total. The Balaban J connectivity index is 1.17. The van der Waals surface area contributed by atoms with Crippen molar-refractivity contribution in [3.63, 3.8) is 0 Å². The first-order chi connectivity index (χ1) is 20.3. The van der Waals surface area contributed by atoms with Crippen LogP contribution in [0.5, 0.6) is 0 Å². The first-order valence-corrected chi connectivity index (χ1v) is 15.1. The smallest absolute Gasteiger partial charge is 0.273 e. The van der Waals surface area contributed by atoms with E-state index >= 15 is 0 Å². The number of carbonyl (C=O) groups is 1. The number of anilines is 2. The summed E-state index contributed by atoms with van der Waals surface area (Å²) in [7, 11) is 0. The molecule has 218 valence electrons. The largest absolute Gasteiger partial charge is 0.357 e. The van der Waals surface area contributed by atoms with Gasteiger partial charge in [0.25, 0.3) is 11.4 Å². The third-order valence-electron chi connectivity index (χ3n) is 7.12. The summed E-state index contributed by atoms with van der Waals surface area (Å²) in [5, 5.41) is 48.7. The average Bonchev–Trinajstić information content (AvgIpc) is 3.63. The maximum Gasteiger partial charge on any atom is 0.273 e. The lowest BCUT2D eigenvalue weighted by Crippen LogP contribution is -2.18. The molecule has 15 heteroatoms. The number of nitro benzene ring substituents is 2. The lowest BCUT2D eigenvalue weighted by molar-refractivity contribution is -0.385. The van der Waals surface area contributed by atoms with Crippen LogP contribution in [0.15, 0.2) is 48.5 Å². The number of nitrogens with zero attached hydrogens (tertiary/aromatic N) is 6. The maximum atomic E-state index is 12.6. The number of benzene rings is 2. The third-order valence-corrected chi connectivity index (χ3v) is 9.14. The summed E-state index contributed by atoms with van der Waals surface area (Å²) in [4.78, 5) is 34.3. The Kier molecular flexibility index (Phi) is 9.07. The van der Waals surface area contributed by atoms with Crippen molar-refractivity contribution in [2.75, 3.05) is 10.6 Å². The molecule has 1 saturated carbocycles. The van der Waals surface area contributed by atoms with Crippen LogP contribution in [-0.4, -0.2) is 42.2 Å². The van der Waals surface area contributed by atoms with Gasteiger partial charge in [0.1, 0.15) is 10.0 Å². The second kappa shape index (κ2) is 13.1. The van der Waals surface area contributed by atoms with Gasteiger partial charge >= 0.3 is 0 Å². The van der Waals surface area contributed by atoms with E-state index in [0.29, 0.717) is 27.8 Å². The van der Waals surface area contributed by atoms with Gasteiger partial charge in [0.15, 0.2) is 0 Å². The zero-order valence-corrected chi connectivity index (χ0v) is 24.3. The van der Waals surface area contributed by atoms with Crippen LogP contribution in [0.4, 0.5) is 21.6 Å². The summed E-state index contributed by atoms with van der Waals surface area (Å²) < 4.78 is 0. The van der Waals surface area contributed by atoms with E-state index in [1.54, 1.807) is 36.4 Å². The summed E-state index contributed by atoms with van der Waals surface area (Å²) in [5.41, 5.74) is 1.01. The van der Waals surface area contributed by atoms with Gasteiger partial charge in [-0.3, -0.25) is 25.0 Å². The van der Waals surface area contributed by atoms with Crippen molar-refractivity contribution < 1.29 is 14.6 Å². The molecule has 5 rings (SSSR count). The Morgan fingerprint density at radius 1 is 0.881 bits per heavy atom. The molecule has 1 aliphatic carbocycles. The number of carbonyl (C=O) groups excluding carboxylic acids is 1. The minimum atomic E-state index is -0.499. The van der Waals surface area contributed by atoms with Gasteiger partial charge in [0, 0.05) is 41.1 Å². The van der Waals surface area contributed by atoms with Gasteiger partial charge in [-0.25, -0.2) is 0 Å². The normalized spacial score (nSPS) is 17.4. The number of hydrogen-bond donors (Lipinski definition) is 2. The fraction of sp³-hybridized carbons (Fsp3) is 0.370. The van der Waals surface area contributed by atoms with E-state index in [0.717, 1.165) is 35.7 Å². The number of nitro groups is 2. The van der Waals surface area contributed by atoms with E-state index in [1.807, 2.05) is 6.92 Å². The number of nitrogens with one attached hydrogen (secondary N) is 2. The van der Waals surface area contributed by atoms with E-state index < -0.39 is 10.8 Å². The average molecular weight is 609 g/mol. The fourth-order valence-corrected chi connectivity index (χ4v) is 7.08. The topological polar surface area (TPSA) is 179 Å². The highest BCUT2D eigenvalue weighted by Gasteiger charge is 2.30. The van der Waals surface area contributed by atoms with Crippen LogP contribution in [0.3, 0.4) is 0 Å². The SMILES string of the molecule is CC(Cc1ccccc1[N+](=O)[O-])Nc1nnc([C@H]2CCCC(c3nnc(NC(=O)Cc4ccccc4[N+](=O)[O-])s3)C2)s1. The van der Waals surface area contributed by atoms with Gasteiger partial charge in [-0.1, -0.05) is 65.5 Å². The number of para-hydroxylation sites is 2. The van der Waals surface area contributed by atoms with Gasteiger partial charge in [-0.05, 0) is 32.6 Å². The van der Waals surface area contributed by atoms with Gasteiger partial charge in [-0.15, -0.1) is 20.4 Å². The second-order valence-corrected chi connectivity index (χ2v) is 12.2. The van der Waals surface area contributed by atoms with Crippen molar-refractivity contribution in [1.82, 2.24) is 20.4 Å². The molecule has 1 amide bonds. The number of amides is 1. The Bertz CT molecular complexity index is 1590. The molecule has 2 aromatic heterocycles. The van der Waals surface area contributed by atoms with Crippen molar-refractivity contribution in [3.8, 4) is 0 Å². The van der Waals surface area contributed by atoms with Gasteiger partial charge in [0.2, 0.25) is 16.2 Å². The molecule has 2 unspecified atom stereocenters. The third kappa shape index (κ3) is 7.09. The predicted octanol–water partition coefficient (Wildman–Crippen LogP) is 5.87. The molecule has 0 saturated heterocycles. The highest BCUT2D eigenvalue weighted by molar-refractivity contribution is 7.15. The van der Waals surface area contributed by atoms with E-state index in [2.05, 4.69) is 31.0 Å². The molecule has 1 fully saturated rings. The van der Waals surface area contributed by atoms with Gasteiger partial charge in [0.05, 0.1) is 16.3 Å². The lowest BCUT2D eigenvalue weighted by atomic mass is 9.82. The summed E-state index contributed by atoms with van der Waals surface area (Å²) in [6.45, 7) is 1.96. The molecule has 2 N–H and O–H groups in total. The first-order valence-electron chi connectivity index (χ1n) is 13.4. The Labute approximate surface area is 248 Å². The first kappa shape index (κ1) is 29.1. The fourth-order valence-electron chi connectivity index (χ4n) is 5.17. The Morgan fingerprint density at radius 3 is 2.07 bits per heavy atom. The van der Waals surface area contributed by atoms with E-state index in [-0.39, 0.29) is 40.6 Å². The molecule has 2 heterocycles. The summed E-state index contributed by atoms with van der Waals surface area (Å²) >= 11 is 2.82. The lowest BCUT2D eigenvalue weighted by Gasteiger charge is -2.25. The predicted molar refractivity (Wildman–Crippen MR) is 159 cm³/mol. The van der Waals surface area contributed by atoms with Crippen molar-refractivity contribution in [1.29, 1.82) is 0 Å². The Hall–Kier alpha value is -4.37. The Morgan fingerprint density at radius 2 is 1.43 bits per heavy atom. The van der Waals surface area contributed by atoms with Crippen LogP contribution in [0.25, 0.3) is 0 Å². The summed E-state index contributed by atoms with van der Waals surface area (Å²) in [5.74, 6) is -0.0126. The van der Waals surface area contributed by atoms with Gasteiger partial charge in [-0.2, -0.15) is 0 Å². The molecule has 0 radical (unpaired) electrons. The maximum absolute atomic E-state index is 12.6. The number of hydrogen-bond acceptors (Lipinski definition) is 12. The molecule has 0 spiro atoms. The summed E-state index contributed by atoms with van der Waals surface area (Å²) in [6.07, 6.45) is 4.10.